The standard InChI is InChI=1S/C25H30F3N3O2.C2H2O4/c1-33-23-10-3-2-9-22(23)31-17-15-30(16-18-31)14-5-4-13-29-24(32)12-11-20-7-6-8-21(19-20)25(26,27)28;3-1(4)2(5)6/h2-3,6-12,19H,4-5,13-18H2,1H3,(H,29,32);(H,3,4)(H,5,6)/b12-11+;. The molecule has 1 heterocycles. The van der Waals surface area contributed by atoms with Crippen molar-refractivity contribution in [1.82, 2.24) is 10.2 Å². The molecule has 9 nitrogen and oxygen atoms in total. The lowest BCUT2D eigenvalue weighted by atomic mass is 10.1. The topological polar surface area (TPSA) is 119 Å². The Morgan fingerprint density at radius 3 is 2.26 bits per heavy atom. The number of carbonyl (C=O) groups is 3. The van der Waals surface area contributed by atoms with Gasteiger partial charge in [0.2, 0.25) is 5.91 Å². The van der Waals surface area contributed by atoms with Crippen LogP contribution in [0.5, 0.6) is 5.75 Å². The van der Waals surface area contributed by atoms with Crippen LogP contribution in [0.1, 0.15) is 24.0 Å². The summed E-state index contributed by atoms with van der Waals surface area (Å²) in [4.78, 5) is 34.9. The molecule has 1 saturated heterocycles. The SMILES string of the molecule is COc1ccccc1N1CCN(CCCCNC(=O)/C=C/c2cccc(C(F)(F)F)c2)CC1.O=C(O)C(=O)O. The summed E-state index contributed by atoms with van der Waals surface area (Å²) in [5, 5.41) is 17.6. The monoisotopic (exact) mass is 551 g/mol. The Labute approximate surface area is 224 Å². The Morgan fingerprint density at radius 1 is 0.974 bits per heavy atom. The van der Waals surface area contributed by atoms with E-state index in [1.807, 2.05) is 18.2 Å². The largest absolute Gasteiger partial charge is 0.495 e. The fraction of sp³-hybridized carbons (Fsp3) is 0.370. The normalized spacial score (nSPS) is 13.9. The highest BCUT2D eigenvalue weighted by Gasteiger charge is 2.30. The molecule has 0 spiro atoms. The average Bonchev–Trinajstić information content (AvgIpc) is 2.92. The number of methoxy groups -OCH3 is 1. The third kappa shape index (κ3) is 11.1. The lowest BCUT2D eigenvalue weighted by Crippen LogP contribution is -2.46. The molecule has 0 aliphatic carbocycles. The Morgan fingerprint density at radius 2 is 1.64 bits per heavy atom. The number of ether oxygens (including phenoxy) is 1. The summed E-state index contributed by atoms with van der Waals surface area (Å²) in [6.45, 7) is 5.34. The van der Waals surface area contributed by atoms with Gasteiger partial charge in [0, 0.05) is 38.8 Å². The van der Waals surface area contributed by atoms with E-state index in [4.69, 9.17) is 24.5 Å². The van der Waals surface area contributed by atoms with Gasteiger partial charge in [-0.1, -0.05) is 24.3 Å². The number of carbonyl (C=O) groups excluding carboxylic acids is 1. The van der Waals surface area contributed by atoms with Crippen molar-refractivity contribution in [3.8, 4) is 5.75 Å². The number of rotatable bonds is 9. The zero-order valence-corrected chi connectivity index (χ0v) is 21.5. The number of unbranched alkanes of at least 4 members (excludes halogenated alkanes) is 1. The molecule has 0 aromatic heterocycles. The lowest BCUT2D eigenvalue weighted by Gasteiger charge is -2.36. The van der Waals surface area contributed by atoms with Crippen molar-refractivity contribution >= 4 is 29.6 Å². The van der Waals surface area contributed by atoms with E-state index in [1.54, 1.807) is 7.11 Å². The molecular formula is C27H32F3N3O6. The molecule has 39 heavy (non-hydrogen) atoms. The van der Waals surface area contributed by atoms with Crippen LogP contribution in [0.25, 0.3) is 6.08 Å². The fourth-order valence-electron chi connectivity index (χ4n) is 3.82. The molecule has 1 amide bonds. The van der Waals surface area contributed by atoms with Crippen molar-refractivity contribution in [2.75, 3.05) is 51.3 Å². The Balaban J connectivity index is 0.000000798. The van der Waals surface area contributed by atoms with Crippen molar-refractivity contribution in [2.24, 2.45) is 0 Å². The predicted octanol–water partition coefficient (Wildman–Crippen LogP) is 3.60. The molecule has 12 heteroatoms. The van der Waals surface area contributed by atoms with Crippen LogP contribution in [-0.4, -0.2) is 79.3 Å². The van der Waals surface area contributed by atoms with Gasteiger partial charge in [-0.2, -0.15) is 13.2 Å². The first-order valence-electron chi connectivity index (χ1n) is 12.2. The van der Waals surface area contributed by atoms with Crippen LogP contribution in [0, 0.1) is 0 Å². The number of hydrogen-bond donors (Lipinski definition) is 3. The summed E-state index contributed by atoms with van der Waals surface area (Å²) in [7, 11) is 1.69. The van der Waals surface area contributed by atoms with Gasteiger partial charge >= 0.3 is 18.1 Å². The van der Waals surface area contributed by atoms with Crippen LogP contribution < -0.4 is 15.0 Å². The highest BCUT2D eigenvalue weighted by atomic mass is 19.4. The van der Waals surface area contributed by atoms with Crippen LogP contribution in [0.2, 0.25) is 0 Å². The van der Waals surface area contributed by atoms with Crippen LogP contribution in [-0.2, 0) is 20.6 Å². The molecule has 0 saturated carbocycles. The molecule has 2 aromatic rings. The minimum absolute atomic E-state index is 0.308. The first kappa shape index (κ1) is 31.2. The summed E-state index contributed by atoms with van der Waals surface area (Å²) >= 11 is 0. The van der Waals surface area contributed by atoms with E-state index >= 15 is 0 Å². The zero-order chi connectivity index (χ0) is 28.8. The highest BCUT2D eigenvalue weighted by Crippen LogP contribution is 2.30. The molecule has 0 radical (unpaired) electrons. The summed E-state index contributed by atoms with van der Waals surface area (Å²) in [6, 6.07) is 13.0. The maximum Gasteiger partial charge on any atom is 0.416 e. The molecule has 1 aliphatic rings. The van der Waals surface area contributed by atoms with Gasteiger partial charge in [-0.05, 0) is 55.3 Å². The van der Waals surface area contributed by atoms with Crippen molar-refractivity contribution in [3.05, 3.63) is 65.7 Å². The van der Waals surface area contributed by atoms with Gasteiger partial charge in [0.1, 0.15) is 5.75 Å². The minimum Gasteiger partial charge on any atom is -0.495 e. The summed E-state index contributed by atoms with van der Waals surface area (Å²) < 4.78 is 43.7. The number of nitrogens with zero attached hydrogens (tertiary/aromatic N) is 2. The number of anilines is 1. The van der Waals surface area contributed by atoms with E-state index in [9.17, 15) is 18.0 Å². The van der Waals surface area contributed by atoms with Gasteiger partial charge in [-0.15, -0.1) is 0 Å². The number of para-hydroxylation sites is 2. The van der Waals surface area contributed by atoms with Crippen molar-refractivity contribution < 1.29 is 42.5 Å². The Hall–Kier alpha value is -4.06. The molecule has 0 unspecified atom stereocenters. The Kier molecular flexibility index (Phi) is 12.3. The van der Waals surface area contributed by atoms with Crippen LogP contribution in [0.4, 0.5) is 18.9 Å². The minimum atomic E-state index is -4.40. The van der Waals surface area contributed by atoms with Crippen molar-refractivity contribution in [1.29, 1.82) is 0 Å². The van der Waals surface area contributed by atoms with E-state index < -0.39 is 23.7 Å². The second kappa shape index (κ2) is 15.4. The lowest BCUT2D eigenvalue weighted by molar-refractivity contribution is -0.159. The van der Waals surface area contributed by atoms with E-state index in [0.717, 1.165) is 69.1 Å². The molecular weight excluding hydrogens is 519 g/mol. The third-order valence-electron chi connectivity index (χ3n) is 5.82. The maximum absolute atomic E-state index is 12.8. The van der Waals surface area contributed by atoms with Crippen LogP contribution in [0.3, 0.4) is 0 Å². The molecule has 0 bridgehead atoms. The average molecular weight is 552 g/mol. The number of carboxylic acids is 2. The maximum atomic E-state index is 12.8. The second-order valence-electron chi connectivity index (χ2n) is 8.57. The molecule has 212 valence electrons. The number of carboxylic acid groups (broad SMARTS) is 2. The first-order valence-corrected chi connectivity index (χ1v) is 12.2. The van der Waals surface area contributed by atoms with E-state index in [2.05, 4.69) is 21.2 Å². The summed E-state index contributed by atoms with van der Waals surface area (Å²) in [5.41, 5.74) is 0.738. The molecule has 3 N–H and O–H groups in total. The number of piperazine rings is 1. The fourth-order valence-corrected chi connectivity index (χ4v) is 3.82. The van der Waals surface area contributed by atoms with Gasteiger partial charge in [0.15, 0.2) is 0 Å². The smallest absolute Gasteiger partial charge is 0.416 e. The number of halogens is 3. The van der Waals surface area contributed by atoms with E-state index in [1.165, 1.54) is 24.3 Å². The number of amides is 1. The number of nitrogens with one attached hydrogen (secondary N) is 1. The zero-order valence-electron chi connectivity index (χ0n) is 21.5. The van der Waals surface area contributed by atoms with Gasteiger partial charge in [-0.25, -0.2) is 9.59 Å². The molecule has 1 fully saturated rings. The van der Waals surface area contributed by atoms with Crippen molar-refractivity contribution in [2.45, 2.75) is 19.0 Å². The summed E-state index contributed by atoms with van der Waals surface area (Å²) in [6.07, 6.45) is 0.0770. The number of alkyl halides is 3. The number of aliphatic carboxylic acids is 2. The van der Waals surface area contributed by atoms with Crippen LogP contribution >= 0.6 is 0 Å². The van der Waals surface area contributed by atoms with Crippen molar-refractivity contribution in [3.63, 3.8) is 0 Å². The van der Waals surface area contributed by atoms with E-state index in [-0.39, 0.29) is 5.91 Å². The van der Waals surface area contributed by atoms with Gasteiger partial charge in [-0.3, -0.25) is 9.69 Å². The second-order valence-corrected chi connectivity index (χ2v) is 8.57. The van der Waals surface area contributed by atoms with Gasteiger partial charge in [0.25, 0.3) is 0 Å². The van der Waals surface area contributed by atoms with Crippen LogP contribution in [0.15, 0.2) is 54.6 Å². The predicted molar refractivity (Wildman–Crippen MR) is 140 cm³/mol. The first-order chi connectivity index (χ1) is 18.5. The summed E-state index contributed by atoms with van der Waals surface area (Å²) in [5.74, 6) is -3.06. The number of benzene rings is 2. The molecule has 2 aromatic carbocycles. The quantitative estimate of drug-likeness (QED) is 0.246. The van der Waals surface area contributed by atoms with Gasteiger partial charge in [0.05, 0.1) is 18.4 Å². The molecule has 0 atom stereocenters. The molecule has 1 aliphatic heterocycles. The third-order valence-corrected chi connectivity index (χ3v) is 5.82. The highest BCUT2D eigenvalue weighted by molar-refractivity contribution is 6.27. The van der Waals surface area contributed by atoms with E-state index in [0.29, 0.717) is 12.1 Å². The molecule has 3 rings (SSSR count). The number of hydrogen-bond acceptors (Lipinski definition) is 6. The Bertz CT molecular complexity index is 1120. The van der Waals surface area contributed by atoms with Gasteiger partial charge < -0.3 is 25.2 Å².